The second-order valence-electron chi connectivity index (χ2n) is 4.89. The average molecular weight is 269 g/mol. The van der Waals surface area contributed by atoms with Crippen LogP contribution in [0, 0.1) is 5.92 Å². The zero-order valence-electron chi connectivity index (χ0n) is 11.2. The van der Waals surface area contributed by atoms with Crippen molar-refractivity contribution >= 4 is 5.97 Å². The molecule has 20 heavy (non-hydrogen) atoms. The molecule has 0 saturated carbocycles. The Bertz CT molecular complexity index is 612. The fourth-order valence-electron chi connectivity index (χ4n) is 2.31. The van der Waals surface area contributed by atoms with Crippen molar-refractivity contribution in [3.8, 4) is 5.75 Å². The van der Waals surface area contributed by atoms with E-state index in [0.717, 1.165) is 11.3 Å². The normalized spacial score (nSPS) is 20.6. The van der Waals surface area contributed by atoms with Crippen molar-refractivity contribution in [2.75, 3.05) is 6.61 Å². The summed E-state index contributed by atoms with van der Waals surface area (Å²) in [6.45, 7) is 2.55. The van der Waals surface area contributed by atoms with Crippen LogP contribution < -0.4 is 4.74 Å². The Labute approximate surface area is 117 Å². The topological polar surface area (TPSA) is 48.4 Å². The summed E-state index contributed by atoms with van der Waals surface area (Å²) >= 11 is 0. The Kier molecular flexibility index (Phi) is 3.37. The highest BCUT2D eigenvalue weighted by molar-refractivity contribution is 5.89. The molecule has 2 heterocycles. The van der Waals surface area contributed by atoms with Crippen LogP contribution in [0.5, 0.6) is 5.75 Å². The summed E-state index contributed by atoms with van der Waals surface area (Å²) in [6, 6.07) is 11.1. The van der Waals surface area contributed by atoms with Crippen LogP contribution in [0.25, 0.3) is 0 Å². The smallest absolute Gasteiger partial charge is 0.340 e. The van der Waals surface area contributed by atoms with E-state index in [0.29, 0.717) is 12.2 Å². The quantitative estimate of drug-likeness (QED) is 0.786. The first-order valence-corrected chi connectivity index (χ1v) is 6.58. The van der Waals surface area contributed by atoms with Gasteiger partial charge in [-0.2, -0.15) is 0 Å². The molecule has 1 aliphatic heterocycles. The van der Waals surface area contributed by atoms with Gasteiger partial charge in [0.2, 0.25) is 0 Å². The molecule has 102 valence electrons. The number of rotatable bonds is 2. The van der Waals surface area contributed by atoms with Crippen molar-refractivity contribution in [2.45, 2.75) is 13.0 Å². The van der Waals surface area contributed by atoms with Gasteiger partial charge < -0.3 is 9.47 Å². The van der Waals surface area contributed by atoms with E-state index in [1.54, 1.807) is 18.3 Å². The zero-order valence-corrected chi connectivity index (χ0v) is 11.2. The molecule has 0 saturated heterocycles. The largest absolute Gasteiger partial charge is 0.493 e. The molecule has 1 aromatic heterocycles. The van der Waals surface area contributed by atoms with E-state index in [4.69, 9.17) is 9.47 Å². The van der Waals surface area contributed by atoms with Crippen molar-refractivity contribution in [1.82, 2.24) is 4.98 Å². The summed E-state index contributed by atoms with van der Waals surface area (Å²) in [7, 11) is 0. The van der Waals surface area contributed by atoms with E-state index in [1.165, 1.54) is 6.20 Å². The second kappa shape index (κ2) is 5.33. The van der Waals surface area contributed by atoms with Gasteiger partial charge in [0, 0.05) is 23.9 Å². The van der Waals surface area contributed by atoms with Crippen LogP contribution >= 0.6 is 0 Å². The lowest BCUT2D eigenvalue weighted by atomic mass is 9.94. The number of hydrogen-bond acceptors (Lipinski definition) is 4. The maximum Gasteiger partial charge on any atom is 0.340 e. The van der Waals surface area contributed by atoms with E-state index in [1.807, 2.05) is 31.2 Å². The highest BCUT2D eigenvalue weighted by Crippen LogP contribution is 2.37. The molecule has 4 heteroatoms. The third-order valence-corrected chi connectivity index (χ3v) is 3.38. The van der Waals surface area contributed by atoms with Crippen molar-refractivity contribution in [1.29, 1.82) is 0 Å². The van der Waals surface area contributed by atoms with Crippen LogP contribution in [-0.2, 0) is 4.74 Å². The van der Waals surface area contributed by atoms with Gasteiger partial charge in [-0.25, -0.2) is 4.79 Å². The standard InChI is InChI=1S/C16H15NO3/c1-11-10-19-14-7-3-2-6-13(14)15(11)20-16(18)12-5-4-8-17-9-12/h2-9,11,15H,10H2,1H3/t11-,15-/m1/s1. The number of para-hydroxylation sites is 1. The van der Waals surface area contributed by atoms with Crippen molar-refractivity contribution < 1.29 is 14.3 Å². The lowest BCUT2D eigenvalue weighted by Gasteiger charge is -2.30. The Morgan fingerprint density at radius 3 is 2.95 bits per heavy atom. The molecule has 1 aliphatic rings. The predicted molar refractivity (Wildman–Crippen MR) is 73.5 cm³/mol. The van der Waals surface area contributed by atoms with Crippen LogP contribution in [0.4, 0.5) is 0 Å². The number of nitrogens with zero attached hydrogens (tertiary/aromatic N) is 1. The molecule has 1 aromatic carbocycles. The first-order chi connectivity index (χ1) is 9.75. The van der Waals surface area contributed by atoms with Crippen LogP contribution in [-0.4, -0.2) is 17.6 Å². The Morgan fingerprint density at radius 2 is 2.15 bits per heavy atom. The maximum atomic E-state index is 12.2. The maximum absolute atomic E-state index is 12.2. The molecule has 3 rings (SSSR count). The minimum absolute atomic E-state index is 0.116. The third kappa shape index (κ3) is 2.37. The van der Waals surface area contributed by atoms with Gasteiger partial charge in [0.15, 0.2) is 0 Å². The number of ether oxygens (including phenoxy) is 2. The van der Waals surface area contributed by atoms with E-state index >= 15 is 0 Å². The number of fused-ring (bicyclic) bond motifs is 1. The fraction of sp³-hybridized carbons (Fsp3) is 0.250. The van der Waals surface area contributed by atoms with Crippen molar-refractivity contribution in [3.63, 3.8) is 0 Å². The zero-order chi connectivity index (χ0) is 13.9. The van der Waals surface area contributed by atoms with E-state index in [9.17, 15) is 4.79 Å². The molecule has 0 aliphatic carbocycles. The summed E-state index contributed by atoms with van der Waals surface area (Å²) in [6.07, 6.45) is 2.86. The number of carbonyl (C=O) groups is 1. The summed E-state index contributed by atoms with van der Waals surface area (Å²) < 4.78 is 11.3. The molecule has 0 spiro atoms. The van der Waals surface area contributed by atoms with Gasteiger partial charge in [-0.05, 0) is 18.2 Å². The molecular formula is C16H15NO3. The Hall–Kier alpha value is -2.36. The molecule has 0 radical (unpaired) electrons. The molecule has 0 unspecified atom stereocenters. The predicted octanol–water partition coefficient (Wildman–Crippen LogP) is 3.01. The molecule has 0 amide bonds. The SMILES string of the molecule is C[C@@H]1COc2ccccc2[C@@H]1OC(=O)c1cccnc1. The van der Waals surface area contributed by atoms with Gasteiger partial charge in [-0.3, -0.25) is 4.98 Å². The Morgan fingerprint density at radius 1 is 1.30 bits per heavy atom. The molecule has 0 fully saturated rings. The average Bonchev–Trinajstić information content (AvgIpc) is 2.51. The molecule has 4 nitrogen and oxygen atoms in total. The van der Waals surface area contributed by atoms with Gasteiger partial charge in [0.1, 0.15) is 11.9 Å². The third-order valence-electron chi connectivity index (χ3n) is 3.38. The van der Waals surface area contributed by atoms with E-state index in [2.05, 4.69) is 4.98 Å². The van der Waals surface area contributed by atoms with Gasteiger partial charge in [-0.1, -0.05) is 25.1 Å². The van der Waals surface area contributed by atoms with Gasteiger partial charge in [-0.15, -0.1) is 0 Å². The molecular weight excluding hydrogens is 254 g/mol. The first kappa shape index (κ1) is 12.7. The number of carbonyl (C=O) groups excluding carboxylic acids is 1. The van der Waals surface area contributed by atoms with E-state index < -0.39 is 0 Å². The fourth-order valence-corrected chi connectivity index (χ4v) is 2.31. The number of aromatic nitrogens is 1. The number of pyridine rings is 1. The first-order valence-electron chi connectivity index (χ1n) is 6.58. The van der Waals surface area contributed by atoms with Crippen LogP contribution in [0.15, 0.2) is 48.8 Å². The van der Waals surface area contributed by atoms with Gasteiger partial charge in [0.05, 0.1) is 12.2 Å². The van der Waals surface area contributed by atoms with Crippen molar-refractivity contribution in [2.24, 2.45) is 5.92 Å². The summed E-state index contributed by atoms with van der Waals surface area (Å²) in [4.78, 5) is 16.1. The van der Waals surface area contributed by atoms with Crippen molar-refractivity contribution in [3.05, 3.63) is 59.9 Å². The van der Waals surface area contributed by atoms with Gasteiger partial charge >= 0.3 is 5.97 Å². The number of esters is 1. The van der Waals surface area contributed by atoms with Crippen LogP contribution in [0.1, 0.15) is 28.9 Å². The highest BCUT2D eigenvalue weighted by atomic mass is 16.6. The van der Waals surface area contributed by atoms with Crippen LogP contribution in [0.2, 0.25) is 0 Å². The number of hydrogen-bond donors (Lipinski definition) is 0. The minimum atomic E-state index is -0.355. The molecule has 0 bridgehead atoms. The van der Waals surface area contributed by atoms with E-state index in [-0.39, 0.29) is 18.0 Å². The monoisotopic (exact) mass is 269 g/mol. The molecule has 2 atom stereocenters. The molecule has 2 aromatic rings. The second-order valence-corrected chi connectivity index (χ2v) is 4.89. The van der Waals surface area contributed by atoms with Crippen LogP contribution in [0.3, 0.4) is 0 Å². The lowest BCUT2D eigenvalue weighted by molar-refractivity contribution is -0.000260. The minimum Gasteiger partial charge on any atom is -0.493 e. The summed E-state index contributed by atoms with van der Waals surface area (Å²) in [5.41, 5.74) is 1.38. The molecule has 0 N–H and O–H groups in total. The summed E-state index contributed by atoms with van der Waals surface area (Å²) in [5, 5.41) is 0. The Balaban J connectivity index is 1.85. The van der Waals surface area contributed by atoms with Gasteiger partial charge in [0.25, 0.3) is 0 Å². The lowest BCUT2D eigenvalue weighted by Crippen LogP contribution is -2.27. The summed E-state index contributed by atoms with van der Waals surface area (Å²) in [5.74, 6) is 0.548. The highest BCUT2D eigenvalue weighted by Gasteiger charge is 2.31. The number of benzene rings is 1.